The molecule has 0 bridgehead atoms. The molecule has 0 aliphatic carbocycles. The van der Waals surface area contributed by atoms with Crippen molar-refractivity contribution in [3.63, 3.8) is 0 Å². The van der Waals surface area contributed by atoms with Gasteiger partial charge in [0.1, 0.15) is 5.82 Å². The molecular weight excluding hydrogens is 339 g/mol. The third kappa shape index (κ3) is 5.76. The Hall–Kier alpha value is -2.98. The van der Waals surface area contributed by atoms with Gasteiger partial charge in [-0.3, -0.25) is 10.1 Å². The lowest BCUT2D eigenvalue weighted by Gasteiger charge is -2.19. The molecular formula is C23H23FN2O. The van der Waals surface area contributed by atoms with Gasteiger partial charge in [0.05, 0.1) is 12.6 Å². The Morgan fingerprint density at radius 1 is 0.815 bits per heavy atom. The summed E-state index contributed by atoms with van der Waals surface area (Å²) in [5.41, 5.74) is 3.22. The zero-order chi connectivity index (χ0) is 18.9. The van der Waals surface area contributed by atoms with E-state index in [1.165, 1.54) is 12.1 Å². The third-order valence-electron chi connectivity index (χ3n) is 4.38. The Bertz CT molecular complexity index is 796. The minimum Gasteiger partial charge on any atom is -0.355 e. The van der Waals surface area contributed by atoms with Crippen molar-refractivity contribution in [3.05, 3.63) is 107 Å². The second kappa shape index (κ2) is 9.64. The van der Waals surface area contributed by atoms with Crippen LogP contribution in [0.3, 0.4) is 0 Å². The zero-order valence-electron chi connectivity index (χ0n) is 15.1. The Kier molecular flexibility index (Phi) is 6.72. The van der Waals surface area contributed by atoms with Crippen molar-refractivity contribution in [1.82, 2.24) is 10.6 Å². The van der Waals surface area contributed by atoms with E-state index < -0.39 is 0 Å². The Balaban J connectivity index is 1.54. The van der Waals surface area contributed by atoms with Crippen LogP contribution in [0.25, 0.3) is 0 Å². The second-order valence-corrected chi connectivity index (χ2v) is 6.36. The van der Waals surface area contributed by atoms with E-state index in [0.29, 0.717) is 13.0 Å². The minimum absolute atomic E-state index is 0.0461. The van der Waals surface area contributed by atoms with Crippen molar-refractivity contribution in [2.45, 2.75) is 12.5 Å². The van der Waals surface area contributed by atoms with E-state index >= 15 is 0 Å². The highest BCUT2D eigenvalue weighted by atomic mass is 19.1. The summed E-state index contributed by atoms with van der Waals surface area (Å²) >= 11 is 0. The topological polar surface area (TPSA) is 41.1 Å². The van der Waals surface area contributed by atoms with Crippen molar-refractivity contribution in [1.29, 1.82) is 0 Å². The van der Waals surface area contributed by atoms with Crippen LogP contribution in [0.4, 0.5) is 4.39 Å². The van der Waals surface area contributed by atoms with Crippen molar-refractivity contribution in [3.8, 4) is 0 Å². The molecule has 3 aromatic rings. The van der Waals surface area contributed by atoms with Gasteiger partial charge in [0.2, 0.25) is 5.91 Å². The first-order valence-electron chi connectivity index (χ1n) is 9.07. The van der Waals surface area contributed by atoms with Gasteiger partial charge >= 0.3 is 0 Å². The van der Waals surface area contributed by atoms with E-state index in [0.717, 1.165) is 16.7 Å². The van der Waals surface area contributed by atoms with E-state index in [-0.39, 0.29) is 24.3 Å². The number of carbonyl (C=O) groups is 1. The monoisotopic (exact) mass is 362 g/mol. The lowest BCUT2D eigenvalue weighted by Crippen LogP contribution is -2.37. The Morgan fingerprint density at radius 3 is 1.93 bits per heavy atom. The number of nitrogens with one attached hydrogen (secondary N) is 2. The molecule has 0 aliphatic rings. The molecule has 0 aromatic heterocycles. The van der Waals surface area contributed by atoms with Gasteiger partial charge in [-0.25, -0.2) is 4.39 Å². The van der Waals surface area contributed by atoms with Crippen molar-refractivity contribution >= 4 is 5.91 Å². The summed E-state index contributed by atoms with van der Waals surface area (Å²) in [5.74, 6) is -0.311. The maximum absolute atomic E-state index is 12.9. The van der Waals surface area contributed by atoms with Gasteiger partial charge in [-0.05, 0) is 35.2 Å². The molecule has 1 amide bonds. The quantitative estimate of drug-likeness (QED) is 0.639. The van der Waals surface area contributed by atoms with E-state index in [4.69, 9.17) is 0 Å². The third-order valence-corrected chi connectivity index (χ3v) is 4.38. The first-order chi connectivity index (χ1) is 13.2. The van der Waals surface area contributed by atoms with E-state index in [2.05, 4.69) is 34.9 Å². The van der Waals surface area contributed by atoms with Gasteiger partial charge in [-0.15, -0.1) is 0 Å². The molecule has 0 atom stereocenters. The molecule has 0 heterocycles. The summed E-state index contributed by atoms with van der Waals surface area (Å²) in [7, 11) is 0. The highest BCUT2D eigenvalue weighted by Crippen LogP contribution is 2.21. The molecule has 3 aromatic carbocycles. The van der Waals surface area contributed by atoms with Crippen LogP contribution in [0, 0.1) is 5.82 Å². The SMILES string of the molecule is O=C(CNC(c1ccccc1)c1ccccc1)NCCc1ccc(F)cc1. The van der Waals surface area contributed by atoms with Crippen LogP contribution >= 0.6 is 0 Å². The fraction of sp³-hybridized carbons (Fsp3) is 0.174. The minimum atomic E-state index is -0.250. The fourth-order valence-corrected chi connectivity index (χ4v) is 2.97. The number of carbonyl (C=O) groups excluding carboxylic acids is 1. The molecule has 3 rings (SSSR count). The van der Waals surface area contributed by atoms with Crippen LogP contribution in [0.5, 0.6) is 0 Å². The molecule has 3 nitrogen and oxygen atoms in total. The van der Waals surface area contributed by atoms with Crippen LogP contribution in [-0.2, 0) is 11.2 Å². The van der Waals surface area contributed by atoms with Crippen LogP contribution in [-0.4, -0.2) is 19.0 Å². The number of hydrogen-bond donors (Lipinski definition) is 2. The van der Waals surface area contributed by atoms with Crippen molar-refractivity contribution in [2.75, 3.05) is 13.1 Å². The predicted octanol–water partition coefficient (Wildman–Crippen LogP) is 3.86. The first kappa shape index (κ1) is 18.8. The van der Waals surface area contributed by atoms with Crippen LogP contribution < -0.4 is 10.6 Å². The molecule has 0 aliphatic heterocycles. The normalized spacial score (nSPS) is 10.7. The summed E-state index contributed by atoms with van der Waals surface area (Å²) in [4.78, 5) is 12.2. The maximum Gasteiger partial charge on any atom is 0.233 e. The van der Waals surface area contributed by atoms with E-state index in [1.807, 2.05) is 36.4 Å². The molecule has 138 valence electrons. The summed E-state index contributed by atoms with van der Waals surface area (Å²) in [5, 5.41) is 6.26. The predicted molar refractivity (Wildman–Crippen MR) is 106 cm³/mol. The average molecular weight is 362 g/mol. The van der Waals surface area contributed by atoms with Gasteiger partial charge in [-0.1, -0.05) is 72.8 Å². The number of rotatable bonds is 8. The van der Waals surface area contributed by atoms with Gasteiger partial charge in [0.15, 0.2) is 0 Å². The van der Waals surface area contributed by atoms with Gasteiger partial charge in [0, 0.05) is 6.54 Å². The highest BCUT2D eigenvalue weighted by molar-refractivity contribution is 5.78. The van der Waals surface area contributed by atoms with Crippen LogP contribution in [0.2, 0.25) is 0 Å². The summed E-state index contributed by atoms with van der Waals surface area (Å²) in [6, 6.07) is 26.4. The number of hydrogen-bond acceptors (Lipinski definition) is 2. The van der Waals surface area contributed by atoms with Crippen molar-refractivity contribution in [2.24, 2.45) is 0 Å². The summed E-state index contributed by atoms with van der Waals surface area (Å²) in [6.45, 7) is 0.741. The molecule has 4 heteroatoms. The molecule has 2 N–H and O–H groups in total. The second-order valence-electron chi connectivity index (χ2n) is 6.36. The average Bonchev–Trinajstić information content (AvgIpc) is 2.71. The first-order valence-corrected chi connectivity index (χ1v) is 9.07. The molecule has 0 radical (unpaired) electrons. The zero-order valence-corrected chi connectivity index (χ0v) is 15.1. The number of halogens is 1. The summed E-state index contributed by atoms with van der Waals surface area (Å²) < 4.78 is 12.9. The van der Waals surface area contributed by atoms with E-state index in [9.17, 15) is 9.18 Å². The molecule has 0 saturated carbocycles. The Labute approximate surface area is 159 Å². The fourth-order valence-electron chi connectivity index (χ4n) is 2.97. The maximum atomic E-state index is 12.9. The van der Waals surface area contributed by atoms with E-state index in [1.54, 1.807) is 12.1 Å². The van der Waals surface area contributed by atoms with Crippen LogP contribution in [0.15, 0.2) is 84.9 Å². The van der Waals surface area contributed by atoms with Gasteiger partial charge < -0.3 is 5.32 Å². The molecule has 0 saturated heterocycles. The van der Waals surface area contributed by atoms with Gasteiger partial charge in [0.25, 0.3) is 0 Å². The number of amides is 1. The van der Waals surface area contributed by atoms with Crippen LogP contribution in [0.1, 0.15) is 22.7 Å². The molecule has 0 fully saturated rings. The Morgan fingerprint density at radius 2 is 1.37 bits per heavy atom. The highest BCUT2D eigenvalue weighted by Gasteiger charge is 2.14. The lowest BCUT2D eigenvalue weighted by atomic mass is 9.99. The largest absolute Gasteiger partial charge is 0.355 e. The van der Waals surface area contributed by atoms with Crippen molar-refractivity contribution < 1.29 is 9.18 Å². The van der Waals surface area contributed by atoms with Gasteiger partial charge in [-0.2, -0.15) is 0 Å². The molecule has 27 heavy (non-hydrogen) atoms. The smallest absolute Gasteiger partial charge is 0.233 e. The standard InChI is InChI=1S/C23H23FN2O/c24-21-13-11-18(12-14-21)15-16-25-22(27)17-26-23(19-7-3-1-4-8-19)20-9-5-2-6-10-20/h1-14,23,26H,15-17H2,(H,25,27). The molecule has 0 spiro atoms. The number of benzene rings is 3. The molecule has 0 unspecified atom stereocenters. The lowest BCUT2D eigenvalue weighted by molar-refractivity contribution is -0.120. The summed E-state index contributed by atoms with van der Waals surface area (Å²) in [6.07, 6.45) is 0.673.